The average molecular weight is 462 g/mol. The third-order valence-electron chi connectivity index (χ3n) is 3.41. The molecule has 2 rings (SSSR count). The van der Waals surface area contributed by atoms with Crippen molar-refractivity contribution < 1.29 is 19.4 Å². The van der Waals surface area contributed by atoms with E-state index in [1.165, 1.54) is 7.11 Å². The number of hydrogen-bond donors (Lipinski definition) is 1. The van der Waals surface area contributed by atoms with E-state index in [0.717, 1.165) is 10.6 Å². The molecule has 2 aromatic carbocycles. The second kappa shape index (κ2) is 15.2. The molecule has 160 valence electrons. The first-order valence-corrected chi connectivity index (χ1v) is 10.1. The Balaban J connectivity index is 0.000000977. The van der Waals surface area contributed by atoms with Gasteiger partial charge in [0.25, 0.3) is 0 Å². The van der Waals surface area contributed by atoms with Gasteiger partial charge in [0, 0.05) is 5.03 Å². The number of aliphatic hydroxyl groups excluding tert-OH is 1. The molecule has 0 saturated carbocycles. The van der Waals surface area contributed by atoms with Crippen molar-refractivity contribution in [3.63, 3.8) is 0 Å². The second-order valence-corrected chi connectivity index (χ2v) is 6.82. The fourth-order valence-electron chi connectivity index (χ4n) is 1.79. The molecule has 0 bridgehead atoms. The topological polar surface area (TPSA) is 55.8 Å². The lowest BCUT2D eigenvalue weighted by Crippen LogP contribution is -2.13. The number of halogens is 3. The zero-order valence-electron chi connectivity index (χ0n) is 17.2. The van der Waals surface area contributed by atoms with Gasteiger partial charge in [-0.05, 0) is 49.2 Å². The van der Waals surface area contributed by atoms with Crippen molar-refractivity contribution >= 4 is 40.8 Å². The van der Waals surface area contributed by atoms with Gasteiger partial charge in [0.2, 0.25) is 0 Å². The number of benzene rings is 2. The van der Waals surface area contributed by atoms with E-state index in [4.69, 9.17) is 39.5 Å². The maximum Gasteiger partial charge on any atom is 0.339 e. The predicted molar refractivity (Wildman–Crippen MR) is 121 cm³/mol. The minimum atomic E-state index is -1.30. The SMILES string of the molecule is C/C=C(\C)Cl.CC.COC(=O)C(O)c1ccc(OCc2ccc(Cl)c(Cl)c2)cc1. The Kier molecular flexibility index (Phi) is 14.3. The van der Waals surface area contributed by atoms with Gasteiger partial charge in [0.05, 0.1) is 17.2 Å². The van der Waals surface area contributed by atoms with E-state index in [0.29, 0.717) is 28.0 Å². The van der Waals surface area contributed by atoms with Gasteiger partial charge in [-0.3, -0.25) is 0 Å². The first-order valence-electron chi connectivity index (χ1n) is 8.99. The largest absolute Gasteiger partial charge is 0.489 e. The van der Waals surface area contributed by atoms with Crippen LogP contribution in [0.4, 0.5) is 0 Å². The second-order valence-electron chi connectivity index (χ2n) is 5.41. The third-order valence-corrected chi connectivity index (χ3v) is 4.36. The summed E-state index contributed by atoms with van der Waals surface area (Å²) in [5.41, 5.74) is 1.32. The van der Waals surface area contributed by atoms with Gasteiger partial charge in [-0.2, -0.15) is 0 Å². The highest BCUT2D eigenvalue weighted by atomic mass is 35.5. The van der Waals surface area contributed by atoms with Gasteiger partial charge in [0.1, 0.15) is 12.4 Å². The molecule has 0 spiro atoms. The number of allylic oxidation sites excluding steroid dienone is 2. The maximum atomic E-state index is 11.2. The normalized spacial score (nSPS) is 11.3. The van der Waals surface area contributed by atoms with Crippen LogP contribution in [0.2, 0.25) is 10.0 Å². The fraction of sp³-hybridized carbons (Fsp3) is 0.318. The van der Waals surface area contributed by atoms with Crippen molar-refractivity contribution in [3.8, 4) is 5.75 Å². The molecule has 0 aliphatic carbocycles. The van der Waals surface area contributed by atoms with Crippen LogP contribution in [0, 0.1) is 0 Å². The molecule has 0 amide bonds. The van der Waals surface area contributed by atoms with Crippen LogP contribution in [0.3, 0.4) is 0 Å². The molecule has 7 heteroatoms. The zero-order chi connectivity index (χ0) is 22.4. The van der Waals surface area contributed by atoms with Crippen molar-refractivity contribution in [3.05, 3.63) is 74.7 Å². The summed E-state index contributed by atoms with van der Waals surface area (Å²) >= 11 is 17.1. The van der Waals surface area contributed by atoms with Crippen LogP contribution in [0.15, 0.2) is 53.6 Å². The van der Waals surface area contributed by atoms with Gasteiger partial charge in [-0.15, -0.1) is 0 Å². The molecule has 0 aliphatic rings. The van der Waals surface area contributed by atoms with E-state index in [-0.39, 0.29) is 0 Å². The minimum Gasteiger partial charge on any atom is -0.489 e. The molecule has 29 heavy (non-hydrogen) atoms. The summed E-state index contributed by atoms with van der Waals surface area (Å²) in [5, 5.41) is 11.5. The van der Waals surface area contributed by atoms with E-state index in [1.54, 1.807) is 36.4 Å². The maximum absolute atomic E-state index is 11.2. The summed E-state index contributed by atoms with van der Waals surface area (Å²) in [5.74, 6) is -0.101. The lowest BCUT2D eigenvalue weighted by Gasteiger charge is -2.10. The standard InChI is InChI=1S/C16H14Cl2O4.C4H7Cl.C2H6/c1-21-16(20)15(19)11-3-5-12(6-4-11)22-9-10-2-7-13(17)14(18)8-10;1-3-4(2)5;1-2/h2-8,15,19H,9H2,1H3;3H,1-2H3;1-2H3/b;4-3+;. The highest BCUT2D eigenvalue weighted by Gasteiger charge is 2.17. The quantitative estimate of drug-likeness (QED) is 0.489. The highest BCUT2D eigenvalue weighted by Crippen LogP contribution is 2.24. The van der Waals surface area contributed by atoms with Gasteiger partial charge in [-0.25, -0.2) is 4.79 Å². The Morgan fingerprint density at radius 2 is 1.66 bits per heavy atom. The van der Waals surface area contributed by atoms with E-state index < -0.39 is 12.1 Å². The molecule has 0 radical (unpaired) electrons. The number of carbonyl (C=O) groups excluding carboxylic acids is 1. The molecular formula is C22H27Cl3O4. The zero-order valence-corrected chi connectivity index (χ0v) is 19.5. The Labute approximate surface area is 188 Å². The molecule has 0 heterocycles. The van der Waals surface area contributed by atoms with E-state index in [2.05, 4.69) is 4.74 Å². The lowest BCUT2D eigenvalue weighted by atomic mass is 10.1. The van der Waals surface area contributed by atoms with Crippen LogP contribution in [0.25, 0.3) is 0 Å². The van der Waals surface area contributed by atoms with Gasteiger partial charge < -0.3 is 14.6 Å². The third kappa shape index (κ3) is 10.6. The average Bonchev–Trinajstić information content (AvgIpc) is 2.75. The number of hydrogen-bond acceptors (Lipinski definition) is 4. The van der Waals surface area contributed by atoms with E-state index in [1.807, 2.05) is 39.8 Å². The summed E-state index contributed by atoms with van der Waals surface area (Å²) in [7, 11) is 1.22. The number of carbonyl (C=O) groups is 1. The summed E-state index contributed by atoms with van der Waals surface area (Å²) in [6.45, 7) is 8.08. The number of methoxy groups -OCH3 is 1. The Morgan fingerprint density at radius 1 is 1.10 bits per heavy atom. The number of esters is 1. The highest BCUT2D eigenvalue weighted by molar-refractivity contribution is 6.42. The van der Waals surface area contributed by atoms with Crippen LogP contribution in [-0.2, 0) is 16.1 Å². The van der Waals surface area contributed by atoms with E-state index in [9.17, 15) is 9.90 Å². The van der Waals surface area contributed by atoms with Crippen LogP contribution in [0.5, 0.6) is 5.75 Å². The van der Waals surface area contributed by atoms with Crippen LogP contribution in [0.1, 0.15) is 44.9 Å². The molecule has 0 aromatic heterocycles. The molecule has 0 aliphatic heterocycles. The first-order chi connectivity index (χ1) is 13.8. The van der Waals surface area contributed by atoms with Crippen molar-refractivity contribution in [2.45, 2.75) is 40.4 Å². The van der Waals surface area contributed by atoms with Crippen molar-refractivity contribution in [1.82, 2.24) is 0 Å². The van der Waals surface area contributed by atoms with Crippen molar-refractivity contribution in [1.29, 1.82) is 0 Å². The molecule has 2 aromatic rings. The monoisotopic (exact) mass is 460 g/mol. The Morgan fingerprint density at radius 3 is 2.10 bits per heavy atom. The molecular weight excluding hydrogens is 435 g/mol. The number of rotatable bonds is 5. The molecule has 4 nitrogen and oxygen atoms in total. The van der Waals surface area contributed by atoms with Crippen LogP contribution < -0.4 is 4.74 Å². The van der Waals surface area contributed by atoms with Crippen molar-refractivity contribution in [2.75, 3.05) is 7.11 Å². The van der Waals surface area contributed by atoms with Gasteiger partial charge in [-0.1, -0.05) is 72.9 Å². The Bertz CT molecular complexity index is 770. The summed E-state index contributed by atoms with van der Waals surface area (Å²) in [6, 6.07) is 11.8. The fourth-order valence-corrected chi connectivity index (χ4v) is 2.11. The molecule has 1 unspecified atom stereocenters. The summed E-state index contributed by atoms with van der Waals surface area (Å²) in [4.78, 5) is 11.2. The molecule has 1 N–H and O–H groups in total. The predicted octanol–water partition coefficient (Wildman–Crippen LogP) is 6.95. The summed E-state index contributed by atoms with van der Waals surface area (Å²) in [6.07, 6.45) is 0.552. The lowest BCUT2D eigenvalue weighted by molar-refractivity contribution is -0.150. The summed E-state index contributed by atoms with van der Waals surface area (Å²) < 4.78 is 10.1. The van der Waals surface area contributed by atoms with Crippen LogP contribution >= 0.6 is 34.8 Å². The molecule has 0 fully saturated rings. The van der Waals surface area contributed by atoms with Gasteiger partial charge in [0.15, 0.2) is 6.10 Å². The Hall–Kier alpha value is -1.72. The van der Waals surface area contributed by atoms with E-state index >= 15 is 0 Å². The van der Waals surface area contributed by atoms with Crippen LogP contribution in [-0.4, -0.2) is 18.2 Å². The number of aliphatic hydroxyl groups is 1. The van der Waals surface area contributed by atoms with Crippen molar-refractivity contribution in [2.24, 2.45) is 0 Å². The molecule has 0 saturated heterocycles. The smallest absolute Gasteiger partial charge is 0.339 e. The minimum absolute atomic E-state index is 0.329. The molecule has 1 atom stereocenters. The van der Waals surface area contributed by atoms with Gasteiger partial charge >= 0.3 is 5.97 Å². The first kappa shape index (κ1) is 27.3. The number of ether oxygens (including phenoxy) is 2.